The van der Waals surface area contributed by atoms with Crippen molar-refractivity contribution in [3.8, 4) is 11.3 Å². The van der Waals surface area contributed by atoms with Crippen LogP contribution >= 0.6 is 0 Å². The molecule has 1 aromatic heterocycles. The van der Waals surface area contributed by atoms with Crippen LogP contribution in [0.25, 0.3) is 11.3 Å². The molecule has 2 rings (SSSR count). The van der Waals surface area contributed by atoms with Gasteiger partial charge >= 0.3 is 0 Å². The van der Waals surface area contributed by atoms with E-state index in [1.54, 1.807) is 18.3 Å². The van der Waals surface area contributed by atoms with Crippen LogP contribution in [0.2, 0.25) is 0 Å². The van der Waals surface area contributed by atoms with Gasteiger partial charge in [0.1, 0.15) is 5.82 Å². The van der Waals surface area contributed by atoms with Crippen molar-refractivity contribution in [2.45, 2.75) is 6.54 Å². The fourth-order valence-electron chi connectivity index (χ4n) is 1.56. The Morgan fingerprint density at radius 1 is 1.19 bits per heavy atom. The largest absolute Gasteiger partial charge is 0.316 e. The minimum Gasteiger partial charge on any atom is -0.316 e. The number of hydrogen-bond acceptors (Lipinski definition) is 2. The molecule has 3 heteroatoms. The molecular weight excluding hydrogens is 203 g/mol. The second kappa shape index (κ2) is 4.86. The van der Waals surface area contributed by atoms with Crippen LogP contribution in [0.1, 0.15) is 5.56 Å². The average molecular weight is 216 g/mol. The van der Waals surface area contributed by atoms with Gasteiger partial charge in [0.2, 0.25) is 0 Å². The van der Waals surface area contributed by atoms with E-state index in [2.05, 4.69) is 10.3 Å². The summed E-state index contributed by atoms with van der Waals surface area (Å²) in [5, 5.41) is 3.04. The third kappa shape index (κ3) is 2.25. The highest BCUT2D eigenvalue weighted by Gasteiger charge is 2.04. The molecule has 0 saturated carbocycles. The van der Waals surface area contributed by atoms with Crippen molar-refractivity contribution in [1.29, 1.82) is 0 Å². The third-order valence-corrected chi connectivity index (χ3v) is 2.36. The molecule has 82 valence electrons. The second-order valence-corrected chi connectivity index (χ2v) is 3.56. The molecule has 2 aromatic rings. The Hall–Kier alpha value is -1.74. The maximum absolute atomic E-state index is 13.5. The molecule has 1 N–H and O–H groups in total. The predicted molar refractivity (Wildman–Crippen MR) is 62.4 cm³/mol. The van der Waals surface area contributed by atoms with Crippen molar-refractivity contribution in [3.63, 3.8) is 0 Å². The van der Waals surface area contributed by atoms with Crippen LogP contribution in [-0.4, -0.2) is 12.0 Å². The van der Waals surface area contributed by atoms with E-state index in [1.165, 1.54) is 6.07 Å². The highest BCUT2D eigenvalue weighted by molar-refractivity contribution is 5.59. The lowest BCUT2D eigenvalue weighted by Gasteiger charge is -2.04. The molecular formula is C13H13FN2. The van der Waals surface area contributed by atoms with Crippen LogP contribution in [0.4, 0.5) is 4.39 Å². The summed E-state index contributed by atoms with van der Waals surface area (Å²) in [7, 11) is 1.88. The zero-order valence-electron chi connectivity index (χ0n) is 9.07. The summed E-state index contributed by atoms with van der Waals surface area (Å²) in [6, 6.07) is 10.4. The smallest absolute Gasteiger partial charge is 0.132 e. The molecule has 0 radical (unpaired) electrons. The summed E-state index contributed by atoms with van der Waals surface area (Å²) in [5.41, 5.74) is 2.29. The Morgan fingerprint density at radius 2 is 2.00 bits per heavy atom. The number of nitrogens with zero attached hydrogens (tertiary/aromatic N) is 1. The van der Waals surface area contributed by atoms with Crippen LogP contribution in [0, 0.1) is 5.82 Å². The molecule has 16 heavy (non-hydrogen) atoms. The average Bonchev–Trinajstić information content (AvgIpc) is 2.31. The second-order valence-electron chi connectivity index (χ2n) is 3.56. The van der Waals surface area contributed by atoms with Crippen molar-refractivity contribution >= 4 is 0 Å². The molecule has 0 aliphatic heterocycles. The van der Waals surface area contributed by atoms with Crippen LogP contribution in [0.5, 0.6) is 0 Å². The molecule has 1 aromatic carbocycles. The van der Waals surface area contributed by atoms with Gasteiger partial charge in [0.05, 0.1) is 5.69 Å². The molecule has 0 fully saturated rings. The first-order valence-electron chi connectivity index (χ1n) is 5.15. The Kier molecular flexibility index (Phi) is 3.27. The Bertz CT molecular complexity index is 466. The lowest BCUT2D eigenvalue weighted by Crippen LogP contribution is -2.05. The summed E-state index contributed by atoms with van der Waals surface area (Å²) >= 11 is 0. The summed E-state index contributed by atoms with van der Waals surface area (Å²) in [4.78, 5) is 4.25. The van der Waals surface area contributed by atoms with E-state index in [4.69, 9.17) is 0 Å². The Balaban J connectivity index is 2.31. The third-order valence-electron chi connectivity index (χ3n) is 2.36. The zero-order valence-corrected chi connectivity index (χ0v) is 9.07. The van der Waals surface area contributed by atoms with Gasteiger partial charge in [0, 0.05) is 18.3 Å². The fraction of sp³-hybridized carbons (Fsp3) is 0.154. The quantitative estimate of drug-likeness (QED) is 0.853. The first-order chi connectivity index (χ1) is 7.81. The Morgan fingerprint density at radius 3 is 2.62 bits per heavy atom. The summed E-state index contributed by atoms with van der Waals surface area (Å²) in [5.74, 6) is -0.239. The minimum absolute atomic E-state index is 0.239. The normalized spacial score (nSPS) is 10.4. The van der Waals surface area contributed by atoms with Crippen molar-refractivity contribution in [2.24, 2.45) is 0 Å². The van der Waals surface area contributed by atoms with E-state index < -0.39 is 0 Å². The van der Waals surface area contributed by atoms with Gasteiger partial charge in [0.25, 0.3) is 0 Å². The molecule has 0 bridgehead atoms. The number of nitrogens with one attached hydrogen (secondary N) is 1. The molecule has 0 spiro atoms. The van der Waals surface area contributed by atoms with Gasteiger partial charge in [-0.15, -0.1) is 0 Å². The number of benzene rings is 1. The van der Waals surface area contributed by atoms with Crippen LogP contribution in [0.15, 0.2) is 42.6 Å². The van der Waals surface area contributed by atoms with Crippen LogP contribution in [-0.2, 0) is 6.54 Å². The van der Waals surface area contributed by atoms with Gasteiger partial charge in [-0.2, -0.15) is 0 Å². The van der Waals surface area contributed by atoms with E-state index in [-0.39, 0.29) is 5.82 Å². The van der Waals surface area contributed by atoms with Crippen molar-refractivity contribution in [2.75, 3.05) is 7.05 Å². The zero-order chi connectivity index (χ0) is 11.4. The molecule has 1 heterocycles. The van der Waals surface area contributed by atoms with Crippen molar-refractivity contribution in [3.05, 3.63) is 54.0 Å². The number of halogens is 1. The number of aromatic nitrogens is 1. The molecule has 0 amide bonds. The van der Waals surface area contributed by atoms with E-state index in [9.17, 15) is 4.39 Å². The van der Waals surface area contributed by atoms with Gasteiger partial charge in [-0.1, -0.05) is 18.2 Å². The van der Waals surface area contributed by atoms with E-state index in [0.29, 0.717) is 11.3 Å². The number of hydrogen-bond donors (Lipinski definition) is 1. The standard InChI is InChI=1S/C13H13FN2/c1-15-8-10-6-7-13(16-9-10)11-4-2-3-5-12(11)14/h2-7,9,15H,8H2,1H3. The van der Waals surface area contributed by atoms with Crippen LogP contribution < -0.4 is 5.32 Å². The van der Waals surface area contributed by atoms with E-state index in [0.717, 1.165) is 12.1 Å². The van der Waals surface area contributed by atoms with Gasteiger partial charge in [-0.25, -0.2) is 4.39 Å². The Labute approximate surface area is 94.2 Å². The molecule has 0 aliphatic rings. The molecule has 2 nitrogen and oxygen atoms in total. The summed E-state index contributed by atoms with van der Waals surface area (Å²) in [6.07, 6.45) is 1.76. The topological polar surface area (TPSA) is 24.9 Å². The minimum atomic E-state index is -0.239. The van der Waals surface area contributed by atoms with Crippen molar-refractivity contribution in [1.82, 2.24) is 10.3 Å². The van der Waals surface area contributed by atoms with Crippen molar-refractivity contribution < 1.29 is 4.39 Å². The lowest BCUT2D eigenvalue weighted by molar-refractivity contribution is 0.630. The number of pyridine rings is 1. The van der Waals surface area contributed by atoms with E-state index >= 15 is 0 Å². The molecule has 0 saturated heterocycles. The molecule has 0 aliphatic carbocycles. The van der Waals surface area contributed by atoms with Crippen LogP contribution in [0.3, 0.4) is 0 Å². The highest BCUT2D eigenvalue weighted by Crippen LogP contribution is 2.20. The molecule has 0 atom stereocenters. The van der Waals surface area contributed by atoms with Gasteiger partial charge in [-0.3, -0.25) is 4.98 Å². The first-order valence-corrected chi connectivity index (χ1v) is 5.15. The highest BCUT2D eigenvalue weighted by atomic mass is 19.1. The van der Waals surface area contributed by atoms with Gasteiger partial charge in [0.15, 0.2) is 0 Å². The fourth-order valence-corrected chi connectivity index (χ4v) is 1.56. The lowest BCUT2D eigenvalue weighted by atomic mass is 10.1. The number of rotatable bonds is 3. The molecule has 0 unspecified atom stereocenters. The maximum Gasteiger partial charge on any atom is 0.132 e. The van der Waals surface area contributed by atoms with E-state index in [1.807, 2.05) is 25.2 Å². The summed E-state index contributed by atoms with van der Waals surface area (Å²) in [6.45, 7) is 0.768. The summed E-state index contributed by atoms with van der Waals surface area (Å²) < 4.78 is 13.5. The maximum atomic E-state index is 13.5. The van der Waals surface area contributed by atoms with Gasteiger partial charge in [-0.05, 0) is 30.8 Å². The monoisotopic (exact) mass is 216 g/mol. The predicted octanol–water partition coefficient (Wildman–Crippen LogP) is 2.61. The SMILES string of the molecule is CNCc1ccc(-c2ccccc2F)nc1. The first kappa shape index (κ1) is 10.8. The van der Waals surface area contributed by atoms with Gasteiger partial charge < -0.3 is 5.32 Å².